The first-order valence-electron chi connectivity index (χ1n) is 8.50. The van der Waals surface area contributed by atoms with E-state index in [0.717, 1.165) is 11.8 Å². The molecule has 1 heterocycles. The lowest BCUT2D eigenvalue weighted by Crippen LogP contribution is -2.52. The number of fused-ring (bicyclic) bond motifs is 3. The van der Waals surface area contributed by atoms with Crippen molar-refractivity contribution in [2.75, 3.05) is 0 Å². The molecule has 3 saturated carbocycles. The molecule has 1 aliphatic heterocycles. The standard InChI is InChI=1S/C18H30O2/c1-11-7-8-12-15(2,3)13-9-18(11,12)10-14-17(13,6)20-16(4,5)19-14/h11-14H,7-10H2,1-6H3/t11-,12+,13+,14?,17?,18?/m1/s1. The number of rotatable bonds is 0. The average Bonchev–Trinajstić information content (AvgIpc) is 2.80. The molecule has 0 radical (unpaired) electrons. The normalized spacial score (nSPS) is 58.5. The van der Waals surface area contributed by atoms with Crippen LogP contribution in [0.2, 0.25) is 0 Å². The minimum absolute atomic E-state index is 0.0810. The van der Waals surface area contributed by atoms with E-state index in [2.05, 4.69) is 41.5 Å². The van der Waals surface area contributed by atoms with Crippen molar-refractivity contribution in [1.29, 1.82) is 0 Å². The van der Waals surface area contributed by atoms with Crippen LogP contribution in [0.5, 0.6) is 0 Å². The molecule has 0 N–H and O–H groups in total. The van der Waals surface area contributed by atoms with Gasteiger partial charge in [0, 0.05) is 0 Å². The summed E-state index contributed by atoms with van der Waals surface area (Å²) in [5, 5.41) is 0. The van der Waals surface area contributed by atoms with Gasteiger partial charge in [-0.1, -0.05) is 20.8 Å². The van der Waals surface area contributed by atoms with Crippen molar-refractivity contribution in [3.63, 3.8) is 0 Å². The molecule has 0 aromatic rings. The predicted octanol–water partition coefficient (Wildman–Crippen LogP) is 4.38. The van der Waals surface area contributed by atoms with Crippen LogP contribution in [0.15, 0.2) is 0 Å². The predicted molar refractivity (Wildman–Crippen MR) is 79.3 cm³/mol. The highest BCUT2D eigenvalue weighted by Gasteiger charge is 2.73. The highest BCUT2D eigenvalue weighted by molar-refractivity contribution is 5.21. The maximum Gasteiger partial charge on any atom is 0.164 e. The third-order valence-electron chi connectivity index (χ3n) is 7.73. The fraction of sp³-hybridized carbons (Fsp3) is 1.00. The third kappa shape index (κ3) is 1.34. The summed E-state index contributed by atoms with van der Waals surface area (Å²) in [5.74, 6) is 1.96. The Morgan fingerprint density at radius 2 is 1.60 bits per heavy atom. The van der Waals surface area contributed by atoms with E-state index in [0.29, 0.717) is 22.9 Å². The van der Waals surface area contributed by atoms with Crippen molar-refractivity contribution in [2.24, 2.45) is 28.6 Å². The second-order valence-corrected chi connectivity index (χ2v) is 9.34. The van der Waals surface area contributed by atoms with E-state index < -0.39 is 5.79 Å². The first-order valence-corrected chi connectivity index (χ1v) is 8.50. The highest BCUT2D eigenvalue weighted by Crippen LogP contribution is 2.75. The molecule has 4 aliphatic rings. The monoisotopic (exact) mass is 278 g/mol. The highest BCUT2D eigenvalue weighted by atomic mass is 16.8. The molecule has 1 saturated heterocycles. The summed E-state index contributed by atoms with van der Waals surface area (Å²) in [4.78, 5) is 0. The number of ether oxygens (including phenoxy) is 2. The van der Waals surface area contributed by atoms with Crippen molar-refractivity contribution >= 4 is 0 Å². The van der Waals surface area contributed by atoms with Gasteiger partial charge in [0.15, 0.2) is 5.79 Å². The van der Waals surface area contributed by atoms with Crippen LogP contribution in [-0.4, -0.2) is 17.5 Å². The molecule has 4 rings (SSSR count). The van der Waals surface area contributed by atoms with Gasteiger partial charge in [-0.15, -0.1) is 0 Å². The van der Waals surface area contributed by atoms with Gasteiger partial charge >= 0.3 is 0 Å². The topological polar surface area (TPSA) is 18.5 Å². The number of hydrogen-bond acceptors (Lipinski definition) is 2. The molecular formula is C18H30O2. The zero-order chi connectivity index (χ0) is 14.6. The van der Waals surface area contributed by atoms with E-state index in [4.69, 9.17) is 9.47 Å². The van der Waals surface area contributed by atoms with Crippen LogP contribution in [0.1, 0.15) is 67.2 Å². The maximum absolute atomic E-state index is 6.48. The molecule has 4 fully saturated rings. The van der Waals surface area contributed by atoms with Crippen molar-refractivity contribution in [3.8, 4) is 0 Å². The Morgan fingerprint density at radius 1 is 0.900 bits per heavy atom. The van der Waals surface area contributed by atoms with Crippen LogP contribution in [0.3, 0.4) is 0 Å². The molecule has 1 spiro atoms. The minimum Gasteiger partial charge on any atom is -0.344 e. The first kappa shape index (κ1) is 13.6. The van der Waals surface area contributed by atoms with Gasteiger partial charge in [0.1, 0.15) is 0 Å². The summed E-state index contributed by atoms with van der Waals surface area (Å²) in [6, 6.07) is 0. The first-order chi connectivity index (χ1) is 9.12. The van der Waals surface area contributed by atoms with Gasteiger partial charge in [0.2, 0.25) is 0 Å². The molecule has 2 bridgehead atoms. The second kappa shape index (κ2) is 3.46. The van der Waals surface area contributed by atoms with Gasteiger partial charge in [-0.2, -0.15) is 0 Å². The molecule has 0 aromatic carbocycles. The smallest absolute Gasteiger partial charge is 0.164 e. The summed E-state index contributed by atoms with van der Waals surface area (Å²) in [7, 11) is 0. The molecule has 0 amide bonds. The third-order valence-corrected chi connectivity index (χ3v) is 7.73. The molecule has 2 nitrogen and oxygen atoms in total. The lowest BCUT2D eigenvalue weighted by atomic mass is 9.63. The van der Waals surface area contributed by atoms with Gasteiger partial charge in [0.25, 0.3) is 0 Å². The van der Waals surface area contributed by atoms with Crippen molar-refractivity contribution < 1.29 is 9.47 Å². The fourth-order valence-corrected chi connectivity index (χ4v) is 7.01. The van der Waals surface area contributed by atoms with Crippen LogP contribution >= 0.6 is 0 Å². The van der Waals surface area contributed by atoms with Gasteiger partial charge in [0.05, 0.1) is 11.7 Å². The van der Waals surface area contributed by atoms with Crippen LogP contribution in [-0.2, 0) is 9.47 Å². The molecular weight excluding hydrogens is 248 g/mol. The van der Waals surface area contributed by atoms with Crippen molar-refractivity contribution in [1.82, 2.24) is 0 Å². The fourth-order valence-electron chi connectivity index (χ4n) is 7.01. The average molecular weight is 278 g/mol. The quantitative estimate of drug-likeness (QED) is 0.654. The van der Waals surface area contributed by atoms with Crippen LogP contribution in [0.25, 0.3) is 0 Å². The van der Waals surface area contributed by atoms with Gasteiger partial charge < -0.3 is 9.47 Å². The zero-order valence-corrected chi connectivity index (χ0v) is 14.0. The van der Waals surface area contributed by atoms with E-state index in [1.165, 1.54) is 25.7 Å². The van der Waals surface area contributed by atoms with Gasteiger partial charge in [-0.3, -0.25) is 0 Å². The van der Waals surface area contributed by atoms with E-state index in [1.807, 2.05) is 0 Å². The second-order valence-electron chi connectivity index (χ2n) is 9.34. The number of hydrogen-bond donors (Lipinski definition) is 0. The van der Waals surface area contributed by atoms with Crippen molar-refractivity contribution in [3.05, 3.63) is 0 Å². The molecule has 0 aromatic heterocycles. The summed E-state index contributed by atoms with van der Waals surface area (Å²) in [6.45, 7) is 14.0. The SMILES string of the molecule is C[C@@H]1CC[C@H]2C(C)(C)[C@@H]3CC12CC1OC(C)(C)OC13C. The van der Waals surface area contributed by atoms with Crippen LogP contribution in [0, 0.1) is 28.6 Å². The Kier molecular flexibility index (Phi) is 2.35. The lowest BCUT2D eigenvalue weighted by Gasteiger charge is -2.47. The Balaban J connectivity index is 1.82. The van der Waals surface area contributed by atoms with Gasteiger partial charge in [-0.05, 0) is 75.0 Å². The summed E-state index contributed by atoms with van der Waals surface area (Å²) in [5.41, 5.74) is 0.836. The summed E-state index contributed by atoms with van der Waals surface area (Å²) in [6.07, 6.45) is 5.70. The lowest BCUT2D eigenvalue weighted by molar-refractivity contribution is -0.177. The molecule has 6 atom stereocenters. The minimum atomic E-state index is -0.409. The van der Waals surface area contributed by atoms with Crippen LogP contribution in [0.4, 0.5) is 0 Å². The Labute approximate surface area is 123 Å². The maximum atomic E-state index is 6.48. The van der Waals surface area contributed by atoms with E-state index in [-0.39, 0.29) is 5.60 Å². The Hall–Kier alpha value is -0.0800. The Bertz CT molecular complexity index is 454. The van der Waals surface area contributed by atoms with E-state index in [1.54, 1.807) is 0 Å². The summed E-state index contributed by atoms with van der Waals surface area (Å²) < 4.78 is 12.8. The van der Waals surface area contributed by atoms with Gasteiger partial charge in [-0.25, -0.2) is 0 Å². The molecule has 114 valence electrons. The molecule has 20 heavy (non-hydrogen) atoms. The van der Waals surface area contributed by atoms with Crippen LogP contribution < -0.4 is 0 Å². The summed E-state index contributed by atoms with van der Waals surface area (Å²) >= 11 is 0. The molecule has 2 heteroatoms. The van der Waals surface area contributed by atoms with E-state index >= 15 is 0 Å². The molecule has 3 unspecified atom stereocenters. The van der Waals surface area contributed by atoms with Crippen molar-refractivity contribution in [2.45, 2.75) is 84.7 Å². The largest absolute Gasteiger partial charge is 0.344 e. The Morgan fingerprint density at radius 3 is 2.30 bits per heavy atom. The zero-order valence-electron chi connectivity index (χ0n) is 14.0. The van der Waals surface area contributed by atoms with E-state index in [9.17, 15) is 0 Å². The molecule has 3 aliphatic carbocycles.